The average Bonchev–Trinajstić information content (AvgIpc) is 2.51. The molecule has 2 rings (SSSR count). The Morgan fingerprint density at radius 1 is 1.54 bits per heavy atom. The third-order valence-corrected chi connectivity index (χ3v) is 2.99. The van der Waals surface area contributed by atoms with Gasteiger partial charge >= 0.3 is 0 Å². The highest BCUT2D eigenvalue weighted by Gasteiger charge is 2.32. The van der Waals surface area contributed by atoms with Gasteiger partial charge in [-0.15, -0.1) is 0 Å². The summed E-state index contributed by atoms with van der Waals surface area (Å²) in [6.07, 6.45) is 3.22. The van der Waals surface area contributed by atoms with Crippen molar-refractivity contribution in [2.24, 2.45) is 0 Å². The van der Waals surface area contributed by atoms with Crippen LogP contribution in [0.3, 0.4) is 0 Å². The zero-order valence-electron chi connectivity index (χ0n) is 8.16. The van der Waals surface area contributed by atoms with Crippen molar-refractivity contribution in [3.8, 4) is 0 Å². The van der Waals surface area contributed by atoms with E-state index in [0.717, 1.165) is 39.0 Å². The van der Waals surface area contributed by atoms with E-state index in [9.17, 15) is 4.79 Å². The first-order valence-electron chi connectivity index (χ1n) is 5.16. The van der Waals surface area contributed by atoms with Gasteiger partial charge in [-0.2, -0.15) is 0 Å². The molecule has 0 radical (unpaired) electrons. The quantitative estimate of drug-likeness (QED) is 0.603. The van der Waals surface area contributed by atoms with Crippen molar-refractivity contribution in [2.45, 2.75) is 38.3 Å². The Labute approximate surface area is 79.0 Å². The van der Waals surface area contributed by atoms with Crippen molar-refractivity contribution >= 4 is 5.78 Å². The van der Waals surface area contributed by atoms with Crippen LogP contribution >= 0.6 is 0 Å². The second kappa shape index (κ2) is 3.76. The monoisotopic (exact) mass is 183 g/mol. The van der Waals surface area contributed by atoms with Crippen molar-refractivity contribution in [3.63, 3.8) is 0 Å². The lowest BCUT2D eigenvalue weighted by Crippen LogP contribution is -2.48. The van der Waals surface area contributed by atoms with Crippen LogP contribution in [0.25, 0.3) is 0 Å². The Bertz CT molecular complexity index is 205. The van der Waals surface area contributed by atoms with Crippen LogP contribution < -0.4 is 0 Å². The molecule has 2 aliphatic rings. The molecular formula is C10H17NO2. The minimum Gasteiger partial charge on any atom is -0.376 e. The second-order valence-corrected chi connectivity index (χ2v) is 4.05. The molecule has 1 aliphatic heterocycles. The molecule has 1 aliphatic carbocycles. The van der Waals surface area contributed by atoms with Gasteiger partial charge in [0.15, 0.2) is 0 Å². The van der Waals surface area contributed by atoms with E-state index in [2.05, 4.69) is 11.8 Å². The summed E-state index contributed by atoms with van der Waals surface area (Å²) in [4.78, 5) is 13.8. The van der Waals surface area contributed by atoms with Crippen LogP contribution in [0.2, 0.25) is 0 Å². The van der Waals surface area contributed by atoms with Crippen LogP contribution in [0.4, 0.5) is 0 Å². The van der Waals surface area contributed by atoms with Gasteiger partial charge in [-0.1, -0.05) is 0 Å². The average molecular weight is 183 g/mol. The van der Waals surface area contributed by atoms with Gasteiger partial charge in [-0.05, 0) is 19.8 Å². The van der Waals surface area contributed by atoms with E-state index < -0.39 is 0 Å². The zero-order chi connectivity index (χ0) is 9.26. The van der Waals surface area contributed by atoms with E-state index in [0.29, 0.717) is 11.9 Å². The number of carbonyl (C=O) groups is 1. The summed E-state index contributed by atoms with van der Waals surface area (Å²) in [5.74, 6) is 0.439. The molecule has 0 aromatic carbocycles. The molecule has 3 nitrogen and oxygen atoms in total. The number of Topliss-reactive ketones (excluding diaryl/α,β-unsaturated/α-hetero) is 1. The van der Waals surface area contributed by atoms with Crippen LogP contribution in [0.15, 0.2) is 0 Å². The maximum atomic E-state index is 11.5. The van der Waals surface area contributed by atoms with Gasteiger partial charge in [-0.3, -0.25) is 9.69 Å². The summed E-state index contributed by atoms with van der Waals surface area (Å²) in [5, 5.41) is 0. The Hall–Kier alpha value is -0.410. The van der Waals surface area contributed by atoms with Crippen molar-refractivity contribution < 1.29 is 9.53 Å². The number of ether oxygens (including phenoxy) is 1. The number of rotatable bonds is 1. The van der Waals surface area contributed by atoms with E-state index in [-0.39, 0.29) is 6.04 Å². The number of nitrogens with zero attached hydrogens (tertiary/aromatic N) is 1. The third-order valence-electron chi connectivity index (χ3n) is 2.99. The van der Waals surface area contributed by atoms with Crippen LogP contribution in [0, 0.1) is 0 Å². The highest BCUT2D eigenvalue weighted by molar-refractivity contribution is 5.85. The topological polar surface area (TPSA) is 29.5 Å². The van der Waals surface area contributed by atoms with E-state index >= 15 is 0 Å². The van der Waals surface area contributed by atoms with Crippen molar-refractivity contribution in [3.05, 3.63) is 0 Å². The highest BCUT2D eigenvalue weighted by atomic mass is 16.5. The van der Waals surface area contributed by atoms with Crippen molar-refractivity contribution in [2.75, 3.05) is 19.7 Å². The molecule has 13 heavy (non-hydrogen) atoms. The van der Waals surface area contributed by atoms with Crippen LogP contribution in [-0.2, 0) is 9.53 Å². The maximum Gasteiger partial charge on any atom is 0.149 e. The highest BCUT2D eigenvalue weighted by Crippen LogP contribution is 2.22. The van der Waals surface area contributed by atoms with Crippen LogP contribution in [0.5, 0.6) is 0 Å². The number of carbonyl (C=O) groups excluding carboxylic acids is 1. The molecule has 0 spiro atoms. The van der Waals surface area contributed by atoms with Crippen LogP contribution in [-0.4, -0.2) is 42.5 Å². The van der Waals surface area contributed by atoms with E-state index in [1.54, 1.807) is 0 Å². The van der Waals surface area contributed by atoms with Gasteiger partial charge < -0.3 is 4.74 Å². The van der Waals surface area contributed by atoms with Gasteiger partial charge in [0.1, 0.15) is 5.78 Å². The number of ketones is 1. The summed E-state index contributed by atoms with van der Waals surface area (Å²) < 4.78 is 5.45. The Morgan fingerprint density at radius 3 is 3.00 bits per heavy atom. The summed E-state index contributed by atoms with van der Waals surface area (Å²) in [6, 6.07) is 0.214. The second-order valence-electron chi connectivity index (χ2n) is 4.05. The first-order valence-corrected chi connectivity index (χ1v) is 5.16. The molecule has 0 bridgehead atoms. The van der Waals surface area contributed by atoms with Gasteiger partial charge in [0, 0.05) is 19.5 Å². The molecule has 1 heterocycles. The molecule has 2 unspecified atom stereocenters. The van der Waals surface area contributed by atoms with Crippen LogP contribution in [0.1, 0.15) is 26.2 Å². The fourth-order valence-electron chi connectivity index (χ4n) is 2.31. The maximum absolute atomic E-state index is 11.5. The standard InChI is InChI=1S/C10H17NO2/c1-8-7-11(5-6-13-8)9-3-2-4-10(9)12/h8-9H,2-7H2,1H3. The lowest BCUT2D eigenvalue weighted by atomic mass is 10.1. The van der Waals surface area contributed by atoms with E-state index in [4.69, 9.17) is 4.74 Å². The molecule has 2 fully saturated rings. The molecule has 0 aromatic rings. The summed E-state index contributed by atoms with van der Waals surface area (Å²) in [7, 11) is 0. The van der Waals surface area contributed by atoms with E-state index in [1.807, 2.05) is 0 Å². The number of hydrogen-bond acceptors (Lipinski definition) is 3. The largest absolute Gasteiger partial charge is 0.376 e. The van der Waals surface area contributed by atoms with Gasteiger partial charge in [0.25, 0.3) is 0 Å². The first-order chi connectivity index (χ1) is 6.27. The van der Waals surface area contributed by atoms with Crippen molar-refractivity contribution in [1.82, 2.24) is 4.90 Å². The SMILES string of the molecule is CC1CN(C2CCCC2=O)CCO1. The molecule has 1 saturated heterocycles. The minimum absolute atomic E-state index is 0.214. The minimum atomic E-state index is 0.214. The predicted molar refractivity (Wildman–Crippen MR) is 49.6 cm³/mol. The fraction of sp³-hybridized carbons (Fsp3) is 0.900. The third kappa shape index (κ3) is 1.92. The van der Waals surface area contributed by atoms with Crippen molar-refractivity contribution in [1.29, 1.82) is 0 Å². The Morgan fingerprint density at radius 2 is 2.38 bits per heavy atom. The number of hydrogen-bond donors (Lipinski definition) is 0. The first kappa shape index (κ1) is 9.16. The molecule has 74 valence electrons. The lowest BCUT2D eigenvalue weighted by Gasteiger charge is -2.34. The smallest absolute Gasteiger partial charge is 0.149 e. The molecule has 0 amide bonds. The molecule has 2 atom stereocenters. The Kier molecular flexibility index (Phi) is 2.65. The fourth-order valence-corrected chi connectivity index (χ4v) is 2.31. The molecular weight excluding hydrogens is 166 g/mol. The predicted octanol–water partition coefficient (Wildman–Crippen LogP) is 0.829. The summed E-state index contributed by atoms with van der Waals surface area (Å²) >= 11 is 0. The Balaban J connectivity index is 1.95. The zero-order valence-corrected chi connectivity index (χ0v) is 8.16. The van der Waals surface area contributed by atoms with Gasteiger partial charge in [-0.25, -0.2) is 0 Å². The summed E-state index contributed by atoms with van der Waals surface area (Å²) in [5.41, 5.74) is 0. The van der Waals surface area contributed by atoms with Gasteiger partial charge in [0.2, 0.25) is 0 Å². The van der Waals surface area contributed by atoms with Gasteiger partial charge in [0.05, 0.1) is 18.8 Å². The lowest BCUT2D eigenvalue weighted by molar-refractivity contribution is -0.124. The molecule has 3 heteroatoms. The number of morpholine rings is 1. The normalized spacial score (nSPS) is 36.8. The van der Waals surface area contributed by atoms with E-state index in [1.165, 1.54) is 0 Å². The molecule has 1 saturated carbocycles. The molecule has 0 aromatic heterocycles. The summed E-state index contributed by atoms with van der Waals surface area (Å²) in [6.45, 7) is 4.72. The molecule has 0 N–H and O–H groups in total.